The number of pyridine rings is 1. The third kappa shape index (κ3) is 3.02. The quantitative estimate of drug-likeness (QED) is 0.673. The van der Waals surface area contributed by atoms with E-state index in [1.165, 1.54) is 6.07 Å². The van der Waals surface area contributed by atoms with E-state index in [-0.39, 0.29) is 0 Å². The van der Waals surface area contributed by atoms with E-state index in [0.29, 0.717) is 17.6 Å². The van der Waals surface area contributed by atoms with Gasteiger partial charge in [-0.1, -0.05) is 0 Å². The highest BCUT2D eigenvalue weighted by molar-refractivity contribution is 6.61. The molecule has 0 saturated carbocycles. The van der Waals surface area contributed by atoms with E-state index >= 15 is 0 Å². The molecule has 20 heavy (non-hydrogen) atoms. The molecule has 0 aromatic carbocycles. The molecule has 0 radical (unpaired) electrons. The van der Waals surface area contributed by atoms with Gasteiger partial charge in [-0.2, -0.15) is 4.39 Å². The first kappa shape index (κ1) is 15.4. The molecule has 1 unspecified atom stereocenters. The third-order valence-electron chi connectivity index (χ3n) is 3.90. The lowest BCUT2D eigenvalue weighted by atomic mass is 9.83. The van der Waals surface area contributed by atoms with Gasteiger partial charge in [0.25, 0.3) is 0 Å². The van der Waals surface area contributed by atoms with Crippen molar-refractivity contribution >= 4 is 12.7 Å². The van der Waals surface area contributed by atoms with Crippen LogP contribution in [-0.2, 0) is 15.7 Å². The summed E-state index contributed by atoms with van der Waals surface area (Å²) in [5.74, 6) is -0.590. The first-order valence-corrected chi connectivity index (χ1v) is 6.81. The molecule has 6 heteroatoms. The van der Waals surface area contributed by atoms with Gasteiger partial charge in [-0.05, 0) is 58.7 Å². The highest BCUT2D eigenvalue weighted by Crippen LogP contribution is 2.36. The SMILES string of the molecule is CC(O)Cc1cc(F)nc(B2OC(C)(C)C(C)(C)O2)c1. The Morgan fingerprint density at radius 1 is 1.25 bits per heavy atom. The Hall–Kier alpha value is -0.975. The number of hydrogen-bond donors (Lipinski definition) is 1. The maximum atomic E-state index is 13.6. The first-order chi connectivity index (χ1) is 9.10. The smallest absolute Gasteiger partial charge is 0.398 e. The molecule has 1 fully saturated rings. The Kier molecular flexibility index (Phi) is 3.93. The fourth-order valence-electron chi connectivity index (χ4n) is 2.12. The molecule has 2 rings (SSSR count). The summed E-state index contributed by atoms with van der Waals surface area (Å²) in [5.41, 5.74) is 0.100. The van der Waals surface area contributed by atoms with Crippen LogP contribution in [0.5, 0.6) is 0 Å². The van der Waals surface area contributed by atoms with Crippen LogP contribution in [0, 0.1) is 5.95 Å². The monoisotopic (exact) mass is 281 g/mol. The van der Waals surface area contributed by atoms with Crippen molar-refractivity contribution in [3.8, 4) is 0 Å². The average Bonchev–Trinajstić information content (AvgIpc) is 2.46. The van der Waals surface area contributed by atoms with Gasteiger partial charge in [-0.15, -0.1) is 0 Å². The largest absolute Gasteiger partial charge is 0.514 e. The molecule has 1 aromatic heterocycles. The van der Waals surface area contributed by atoms with Crippen molar-refractivity contribution in [1.29, 1.82) is 0 Å². The van der Waals surface area contributed by atoms with Crippen LogP contribution in [-0.4, -0.2) is 34.5 Å². The minimum Gasteiger partial charge on any atom is -0.398 e. The van der Waals surface area contributed by atoms with Crippen molar-refractivity contribution in [1.82, 2.24) is 4.98 Å². The molecular weight excluding hydrogens is 260 g/mol. The number of aliphatic hydroxyl groups excluding tert-OH is 1. The predicted molar refractivity (Wildman–Crippen MR) is 75.3 cm³/mol. The molecule has 0 spiro atoms. The van der Waals surface area contributed by atoms with Crippen molar-refractivity contribution in [2.24, 2.45) is 0 Å². The molecule has 1 aliphatic rings. The van der Waals surface area contributed by atoms with E-state index in [0.717, 1.165) is 0 Å². The summed E-state index contributed by atoms with van der Waals surface area (Å²) in [6.07, 6.45) is -0.172. The lowest BCUT2D eigenvalue weighted by Crippen LogP contribution is -2.41. The molecular formula is C14H21BFNO3. The summed E-state index contributed by atoms with van der Waals surface area (Å²) < 4.78 is 25.3. The van der Waals surface area contributed by atoms with Crippen molar-refractivity contribution in [2.75, 3.05) is 0 Å². The van der Waals surface area contributed by atoms with E-state index in [2.05, 4.69) is 4.98 Å². The second kappa shape index (κ2) is 5.09. The van der Waals surface area contributed by atoms with Crippen molar-refractivity contribution in [3.05, 3.63) is 23.6 Å². The number of aromatic nitrogens is 1. The predicted octanol–water partition coefficient (Wildman–Crippen LogP) is 1.44. The number of nitrogens with zero attached hydrogens (tertiary/aromatic N) is 1. The fraction of sp³-hybridized carbons (Fsp3) is 0.643. The number of hydrogen-bond acceptors (Lipinski definition) is 4. The van der Waals surface area contributed by atoms with Crippen LogP contribution in [0.3, 0.4) is 0 Å². The fourth-order valence-corrected chi connectivity index (χ4v) is 2.12. The highest BCUT2D eigenvalue weighted by Gasteiger charge is 2.52. The van der Waals surface area contributed by atoms with Crippen LogP contribution in [0.4, 0.5) is 4.39 Å². The van der Waals surface area contributed by atoms with Gasteiger partial charge in [0.2, 0.25) is 5.95 Å². The number of rotatable bonds is 3. The van der Waals surface area contributed by atoms with Gasteiger partial charge < -0.3 is 14.4 Å². The molecule has 4 nitrogen and oxygen atoms in total. The number of halogens is 1. The topological polar surface area (TPSA) is 51.6 Å². The maximum Gasteiger partial charge on any atom is 0.514 e. The zero-order valence-corrected chi connectivity index (χ0v) is 12.6. The van der Waals surface area contributed by atoms with Gasteiger partial charge in [0.1, 0.15) is 0 Å². The van der Waals surface area contributed by atoms with E-state index in [9.17, 15) is 9.50 Å². The van der Waals surface area contributed by atoms with Crippen molar-refractivity contribution in [2.45, 2.75) is 58.3 Å². The maximum absolute atomic E-state index is 13.6. The second-order valence-electron chi connectivity index (χ2n) is 6.36. The summed E-state index contributed by atoms with van der Waals surface area (Å²) in [4.78, 5) is 3.86. The minimum atomic E-state index is -0.691. The lowest BCUT2D eigenvalue weighted by molar-refractivity contribution is 0.00578. The summed E-state index contributed by atoms with van der Waals surface area (Å²) in [6.45, 7) is 9.39. The highest BCUT2D eigenvalue weighted by atomic mass is 19.1. The molecule has 1 aliphatic heterocycles. The van der Waals surface area contributed by atoms with Crippen LogP contribution in [0.25, 0.3) is 0 Å². The van der Waals surface area contributed by atoms with Gasteiger partial charge in [0.15, 0.2) is 0 Å². The molecule has 110 valence electrons. The molecule has 1 N–H and O–H groups in total. The Bertz CT molecular complexity index is 489. The van der Waals surface area contributed by atoms with Gasteiger partial charge >= 0.3 is 7.12 Å². The van der Waals surface area contributed by atoms with Crippen LogP contribution >= 0.6 is 0 Å². The number of aliphatic hydroxyl groups is 1. The summed E-state index contributed by atoms with van der Waals surface area (Å²) in [6, 6.07) is 3.04. The third-order valence-corrected chi connectivity index (χ3v) is 3.90. The Morgan fingerprint density at radius 2 is 1.80 bits per heavy atom. The van der Waals surface area contributed by atoms with Gasteiger partial charge in [0, 0.05) is 0 Å². The van der Waals surface area contributed by atoms with Crippen LogP contribution in [0.2, 0.25) is 0 Å². The van der Waals surface area contributed by atoms with E-state index in [1.54, 1.807) is 13.0 Å². The molecule has 1 atom stereocenters. The van der Waals surface area contributed by atoms with E-state index in [1.807, 2.05) is 27.7 Å². The van der Waals surface area contributed by atoms with Crippen LogP contribution < -0.4 is 5.59 Å². The van der Waals surface area contributed by atoms with E-state index in [4.69, 9.17) is 9.31 Å². The zero-order chi connectivity index (χ0) is 15.1. The standard InChI is InChI=1S/C14H21BFNO3/c1-9(18)6-10-7-11(17-12(16)8-10)15-19-13(2,3)14(4,5)20-15/h7-9,18H,6H2,1-5H3. The van der Waals surface area contributed by atoms with Gasteiger partial charge in [-0.3, -0.25) is 0 Å². The zero-order valence-electron chi connectivity index (χ0n) is 12.6. The Morgan fingerprint density at radius 3 is 2.30 bits per heavy atom. The molecule has 1 saturated heterocycles. The van der Waals surface area contributed by atoms with Gasteiger partial charge in [0.05, 0.1) is 22.9 Å². The lowest BCUT2D eigenvalue weighted by Gasteiger charge is -2.32. The van der Waals surface area contributed by atoms with Gasteiger partial charge in [-0.25, -0.2) is 4.98 Å². The van der Waals surface area contributed by atoms with Crippen LogP contribution in [0.15, 0.2) is 12.1 Å². The molecule has 2 heterocycles. The summed E-state index contributed by atoms with van der Waals surface area (Å²) in [5, 5.41) is 9.41. The van der Waals surface area contributed by atoms with Crippen molar-refractivity contribution in [3.63, 3.8) is 0 Å². The summed E-state index contributed by atoms with van der Waals surface area (Å²) >= 11 is 0. The second-order valence-corrected chi connectivity index (χ2v) is 6.36. The van der Waals surface area contributed by atoms with E-state index < -0.39 is 30.4 Å². The van der Waals surface area contributed by atoms with Crippen molar-refractivity contribution < 1.29 is 18.8 Å². The summed E-state index contributed by atoms with van der Waals surface area (Å²) in [7, 11) is -0.691. The molecule has 1 aromatic rings. The Labute approximate surface area is 119 Å². The first-order valence-electron chi connectivity index (χ1n) is 6.81. The average molecular weight is 281 g/mol. The normalized spacial score (nSPS) is 22.1. The molecule has 0 aliphatic carbocycles. The minimum absolute atomic E-state index is 0.367. The van der Waals surface area contributed by atoms with Crippen LogP contribution in [0.1, 0.15) is 40.2 Å². The molecule has 0 amide bonds. The molecule has 0 bridgehead atoms. The Balaban J connectivity index is 2.28.